The molecule has 0 spiro atoms. The summed E-state index contributed by atoms with van der Waals surface area (Å²) in [5.74, 6) is 0.678. The fourth-order valence-corrected chi connectivity index (χ4v) is 3.55. The van der Waals surface area contributed by atoms with Crippen LogP contribution in [0.2, 0.25) is 0 Å². The van der Waals surface area contributed by atoms with Gasteiger partial charge in [0.15, 0.2) is 0 Å². The van der Waals surface area contributed by atoms with Gasteiger partial charge in [0.05, 0.1) is 5.69 Å². The van der Waals surface area contributed by atoms with Crippen LogP contribution in [-0.4, -0.2) is 10.9 Å². The quantitative estimate of drug-likeness (QED) is 0.634. The van der Waals surface area contributed by atoms with Gasteiger partial charge in [-0.15, -0.1) is 11.3 Å². The van der Waals surface area contributed by atoms with E-state index in [1.165, 1.54) is 28.0 Å². The maximum absolute atomic E-state index is 12.6. The summed E-state index contributed by atoms with van der Waals surface area (Å²) in [5, 5.41) is 3.75. The van der Waals surface area contributed by atoms with Gasteiger partial charge in [0.2, 0.25) is 0 Å². The Morgan fingerprint density at radius 1 is 0.963 bits per heavy atom. The van der Waals surface area contributed by atoms with E-state index in [2.05, 4.69) is 31.1 Å². The lowest BCUT2D eigenvalue weighted by molar-refractivity contribution is 0.103. The molecule has 0 unspecified atom stereocenters. The number of thiazole rings is 1. The van der Waals surface area contributed by atoms with Crippen molar-refractivity contribution in [1.82, 2.24) is 4.98 Å². The van der Waals surface area contributed by atoms with E-state index in [0.29, 0.717) is 11.5 Å². The number of benzene rings is 2. The Morgan fingerprint density at radius 3 is 2.30 bits per heavy atom. The number of anilines is 1. The smallest absolute Gasteiger partial charge is 0.267 e. The minimum Gasteiger partial charge on any atom is -0.486 e. The first-order valence-corrected chi connectivity index (χ1v) is 9.70. The highest BCUT2D eigenvalue weighted by atomic mass is 32.1. The van der Waals surface area contributed by atoms with E-state index in [0.717, 1.165) is 27.7 Å². The Labute approximate surface area is 164 Å². The van der Waals surface area contributed by atoms with Crippen LogP contribution in [0.5, 0.6) is 5.75 Å². The minimum absolute atomic E-state index is 0.134. The molecule has 3 rings (SSSR count). The van der Waals surface area contributed by atoms with E-state index in [9.17, 15) is 4.79 Å². The van der Waals surface area contributed by atoms with Crippen LogP contribution >= 0.6 is 11.3 Å². The third-order valence-corrected chi connectivity index (χ3v) is 5.78. The van der Waals surface area contributed by atoms with E-state index in [1.54, 1.807) is 0 Å². The van der Waals surface area contributed by atoms with Crippen molar-refractivity contribution >= 4 is 22.9 Å². The van der Waals surface area contributed by atoms with Crippen molar-refractivity contribution in [1.29, 1.82) is 0 Å². The van der Waals surface area contributed by atoms with Crippen LogP contribution in [0.1, 0.15) is 42.6 Å². The van der Waals surface area contributed by atoms with Crippen molar-refractivity contribution in [2.75, 3.05) is 5.32 Å². The molecule has 5 heteroatoms. The Kier molecular flexibility index (Phi) is 5.61. The summed E-state index contributed by atoms with van der Waals surface area (Å²) < 4.78 is 5.84. The number of aryl methyl sites for hydroxylation is 5. The number of carbonyl (C=O) groups is 1. The molecule has 0 bridgehead atoms. The lowest BCUT2D eigenvalue weighted by Crippen LogP contribution is -2.11. The fraction of sp³-hybridized carbons (Fsp3) is 0.273. The van der Waals surface area contributed by atoms with Crippen LogP contribution in [-0.2, 0) is 6.61 Å². The lowest BCUT2D eigenvalue weighted by Gasteiger charge is -2.07. The number of hydrogen-bond acceptors (Lipinski definition) is 4. The molecular weight excluding hydrogens is 356 g/mol. The van der Waals surface area contributed by atoms with Gasteiger partial charge in [-0.2, -0.15) is 0 Å². The van der Waals surface area contributed by atoms with Gasteiger partial charge in [0.25, 0.3) is 5.91 Å². The van der Waals surface area contributed by atoms with Crippen molar-refractivity contribution in [2.24, 2.45) is 0 Å². The Balaban J connectivity index is 1.68. The number of carbonyl (C=O) groups excluding carboxylic acids is 1. The molecule has 2 aromatic carbocycles. The van der Waals surface area contributed by atoms with E-state index >= 15 is 0 Å². The van der Waals surface area contributed by atoms with Crippen molar-refractivity contribution in [3.05, 3.63) is 74.2 Å². The van der Waals surface area contributed by atoms with Crippen LogP contribution in [0, 0.1) is 34.6 Å². The average molecular weight is 381 g/mol. The second-order valence-electron chi connectivity index (χ2n) is 6.81. The number of hydrogen-bond donors (Lipinski definition) is 1. The molecule has 1 amide bonds. The number of nitrogens with one attached hydrogen (secondary N) is 1. The molecule has 0 saturated carbocycles. The van der Waals surface area contributed by atoms with Gasteiger partial charge in [0, 0.05) is 5.69 Å². The maximum Gasteiger partial charge on any atom is 0.267 e. The zero-order valence-corrected chi connectivity index (χ0v) is 17.2. The second-order valence-corrected chi connectivity index (χ2v) is 7.89. The van der Waals surface area contributed by atoms with Gasteiger partial charge in [-0.1, -0.05) is 12.1 Å². The lowest BCUT2D eigenvalue weighted by atomic mass is 10.1. The van der Waals surface area contributed by atoms with Crippen LogP contribution < -0.4 is 10.1 Å². The predicted molar refractivity (Wildman–Crippen MR) is 111 cm³/mol. The molecule has 27 heavy (non-hydrogen) atoms. The molecule has 0 radical (unpaired) electrons. The van der Waals surface area contributed by atoms with Crippen molar-refractivity contribution in [3.63, 3.8) is 0 Å². The zero-order valence-electron chi connectivity index (χ0n) is 16.3. The zero-order chi connectivity index (χ0) is 19.6. The van der Waals surface area contributed by atoms with Crippen molar-refractivity contribution in [2.45, 2.75) is 41.2 Å². The highest BCUT2D eigenvalue weighted by molar-refractivity contribution is 7.13. The first-order valence-electron chi connectivity index (χ1n) is 8.88. The number of amides is 1. The summed E-state index contributed by atoms with van der Waals surface area (Å²) in [7, 11) is 0. The Morgan fingerprint density at radius 2 is 1.63 bits per heavy atom. The first-order chi connectivity index (χ1) is 12.8. The second kappa shape index (κ2) is 7.92. The van der Waals surface area contributed by atoms with E-state index in [4.69, 9.17) is 4.74 Å². The van der Waals surface area contributed by atoms with Gasteiger partial charge in [0.1, 0.15) is 22.2 Å². The molecule has 0 saturated heterocycles. The summed E-state index contributed by atoms with van der Waals surface area (Å²) >= 11 is 1.37. The fourth-order valence-electron chi connectivity index (χ4n) is 2.68. The first kappa shape index (κ1) is 19.1. The summed E-state index contributed by atoms with van der Waals surface area (Å²) in [6.07, 6.45) is 0. The summed E-state index contributed by atoms with van der Waals surface area (Å²) in [5.41, 5.74) is 6.29. The third kappa shape index (κ3) is 4.55. The molecule has 0 aliphatic carbocycles. The summed E-state index contributed by atoms with van der Waals surface area (Å²) in [6.45, 7) is 10.4. The van der Waals surface area contributed by atoms with Crippen LogP contribution in [0.15, 0.2) is 36.4 Å². The molecule has 3 aromatic rings. The standard InChI is InChI=1S/C22H24N2O2S/c1-13-6-8-18(10-15(13)3)24-22(25)21-17(5)23-20(27-21)12-26-19-9-7-14(2)16(4)11-19/h6-11H,12H2,1-5H3,(H,24,25). The molecule has 0 fully saturated rings. The summed E-state index contributed by atoms with van der Waals surface area (Å²) in [4.78, 5) is 17.7. The SMILES string of the molecule is Cc1ccc(NC(=O)c2sc(COc3ccc(C)c(C)c3)nc2C)cc1C. The largest absolute Gasteiger partial charge is 0.486 e. The molecule has 1 N–H and O–H groups in total. The molecule has 0 aliphatic rings. The van der Waals surface area contributed by atoms with E-state index < -0.39 is 0 Å². The van der Waals surface area contributed by atoms with Gasteiger partial charge in [-0.25, -0.2) is 4.98 Å². The number of aromatic nitrogens is 1. The molecule has 140 valence electrons. The number of nitrogens with zero attached hydrogens (tertiary/aromatic N) is 1. The van der Waals surface area contributed by atoms with Crippen molar-refractivity contribution in [3.8, 4) is 5.75 Å². The molecule has 1 heterocycles. The average Bonchev–Trinajstić information content (AvgIpc) is 3.00. The topological polar surface area (TPSA) is 51.2 Å². The highest BCUT2D eigenvalue weighted by Gasteiger charge is 2.16. The monoisotopic (exact) mass is 380 g/mol. The minimum atomic E-state index is -0.134. The Bertz CT molecular complexity index is 992. The van der Waals surface area contributed by atoms with Crippen LogP contribution in [0.25, 0.3) is 0 Å². The highest BCUT2D eigenvalue weighted by Crippen LogP contribution is 2.23. The number of rotatable bonds is 5. The van der Waals surface area contributed by atoms with E-state index in [1.807, 2.05) is 50.2 Å². The molecule has 0 atom stereocenters. The van der Waals surface area contributed by atoms with Gasteiger partial charge >= 0.3 is 0 Å². The molecular formula is C22H24N2O2S. The van der Waals surface area contributed by atoms with Gasteiger partial charge < -0.3 is 10.1 Å². The molecule has 1 aromatic heterocycles. The Hall–Kier alpha value is -2.66. The van der Waals surface area contributed by atoms with E-state index in [-0.39, 0.29) is 5.91 Å². The van der Waals surface area contributed by atoms with Crippen LogP contribution in [0.3, 0.4) is 0 Å². The predicted octanol–water partition coefficient (Wildman–Crippen LogP) is 5.52. The summed E-state index contributed by atoms with van der Waals surface area (Å²) in [6, 6.07) is 11.9. The van der Waals surface area contributed by atoms with Crippen LogP contribution in [0.4, 0.5) is 5.69 Å². The molecule has 0 aliphatic heterocycles. The maximum atomic E-state index is 12.6. The molecule has 4 nitrogen and oxygen atoms in total. The van der Waals surface area contributed by atoms with Gasteiger partial charge in [-0.3, -0.25) is 4.79 Å². The van der Waals surface area contributed by atoms with Crippen molar-refractivity contribution < 1.29 is 9.53 Å². The van der Waals surface area contributed by atoms with Gasteiger partial charge in [-0.05, 0) is 81.1 Å². The third-order valence-electron chi connectivity index (χ3n) is 4.65. The number of ether oxygens (including phenoxy) is 1. The normalized spacial score (nSPS) is 10.7.